The highest BCUT2D eigenvalue weighted by Crippen LogP contribution is 2.43. The van der Waals surface area contributed by atoms with E-state index in [1.54, 1.807) is 6.26 Å². The van der Waals surface area contributed by atoms with Gasteiger partial charge in [-0.1, -0.05) is 165 Å². The number of allylic oxidation sites excluding steroid dienone is 9. The first-order valence-electron chi connectivity index (χ1n) is 21.8. The van der Waals surface area contributed by atoms with Crippen LogP contribution in [0.25, 0.3) is 0 Å². The Hall–Kier alpha value is -1.96. The standard InChI is InChI=1S/C45H82NO7P/c1-3-5-7-9-11-13-15-17-19-21-22-23-24-26-28-30-32-34-36-38-45(47)53-44(43-52-54(48,49)51-41-39-46)42-50-40-37-35-33-31-29-27-25-20-18-16-14-12-10-8-6-4-2/h11,13,17,19,22-23,26,28,37,40,44H,3-10,12,14-16,18,20-21,24-25,27,29-36,38-39,41-43,46H2,1-2H3,(H,48,49)/t44-/m1/s1. The zero-order chi connectivity index (χ0) is 39.5. The number of ether oxygens (including phenoxy) is 2. The van der Waals surface area contributed by atoms with Crippen LogP contribution in [0.4, 0.5) is 0 Å². The molecule has 0 aromatic carbocycles. The van der Waals surface area contributed by atoms with E-state index in [0.717, 1.165) is 51.4 Å². The van der Waals surface area contributed by atoms with Gasteiger partial charge in [0.2, 0.25) is 0 Å². The molecule has 0 saturated heterocycles. The van der Waals surface area contributed by atoms with Gasteiger partial charge in [0, 0.05) is 13.0 Å². The third-order valence-electron chi connectivity index (χ3n) is 9.00. The van der Waals surface area contributed by atoms with Crippen LogP contribution in [-0.2, 0) is 27.9 Å². The molecule has 0 fully saturated rings. The first kappa shape index (κ1) is 52.0. The molecule has 0 aliphatic rings. The molecule has 3 N–H and O–H groups in total. The number of hydrogen-bond acceptors (Lipinski definition) is 7. The molecule has 0 aromatic rings. The molecule has 0 bridgehead atoms. The van der Waals surface area contributed by atoms with Gasteiger partial charge in [-0.3, -0.25) is 13.8 Å². The smallest absolute Gasteiger partial charge is 0.472 e. The van der Waals surface area contributed by atoms with Gasteiger partial charge in [0.1, 0.15) is 6.61 Å². The second-order valence-electron chi connectivity index (χ2n) is 14.3. The number of phosphoric acid groups is 1. The molecule has 2 atom stereocenters. The fourth-order valence-corrected chi connectivity index (χ4v) is 6.53. The van der Waals surface area contributed by atoms with Gasteiger partial charge in [0.05, 0.1) is 19.5 Å². The molecule has 0 rings (SSSR count). The quantitative estimate of drug-likeness (QED) is 0.0207. The van der Waals surface area contributed by atoms with Gasteiger partial charge >= 0.3 is 13.8 Å². The highest BCUT2D eigenvalue weighted by Gasteiger charge is 2.25. The van der Waals surface area contributed by atoms with Crippen LogP contribution in [0.5, 0.6) is 0 Å². The largest absolute Gasteiger partial charge is 0.498 e. The predicted octanol–water partition coefficient (Wildman–Crippen LogP) is 13.3. The second kappa shape index (κ2) is 42.2. The van der Waals surface area contributed by atoms with E-state index in [1.165, 1.54) is 109 Å². The van der Waals surface area contributed by atoms with Crippen molar-refractivity contribution in [2.75, 3.05) is 26.4 Å². The molecule has 8 nitrogen and oxygen atoms in total. The Kier molecular flexibility index (Phi) is 40.7. The van der Waals surface area contributed by atoms with E-state index in [0.29, 0.717) is 6.42 Å². The number of nitrogens with two attached hydrogens (primary N) is 1. The van der Waals surface area contributed by atoms with Crippen molar-refractivity contribution in [1.82, 2.24) is 0 Å². The summed E-state index contributed by atoms with van der Waals surface area (Å²) in [6.07, 6.45) is 51.9. The topological polar surface area (TPSA) is 117 Å². The van der Waals surface area contributed by atoms with Crippen molar-refractivity contribution >= 4 is 13.8 Å². The molecule has 0 amide bonds. The Bertz CT molecular complexity index is 1010. The molecule has 0 aliphatic heterocycles. The number of unbranched alkanes of at least 4 members (excludes halogenated alkanes) is 20. The molecule has 1 unspecified atom stereocenters. The number of carbonyl (C=O) groups excluding carboxylic acids is 1. The first-order valence-corrected chi connectivity index (χ1v) is 23.3. The number of carbonyl (C=O) groups is 1. The molecular formula is C45H82NO7P. The van der Waals surface area contributed by atoms with Crippen LogP contribution in [-0.4, -0.2) is 43.3 Å². The van der Waals surface area contributed by atoms with E-state index in [9.17, 15) is 14.3 Å². The Labute approximate surface area is 332 Å². The van der Waals surface area contributed by atoms with Crippen LogP contribution in [0.1, 0.15) is 187 Å². The fourth-order valence-electron chi connectivity index (χ4n) is 5.77. The van der Waals surface area contributed by atoms with Gasteiger partial charge in [0.15, 0.2) is 6.10 Å². The minimum Gasteiger partial charge on any atom is -0.498 e. The van der Waals surface area contributed by atoms with Crippen molar-refractivity contribution in [3.8, 4) is 0 Å². The van der Waals surface area contributed by atoms with Gasteiger partial charge in [-0.25, -0.2) is 4.57 Å². The van der Waals surface area contributed by atoms with Crippen molar-refractivity contribution in [1.29, 1.82) is 0 Å². The van der Waals surface area contributed by atoms with Crippen LogP contribution in [0.15, 0.2) is 60.9 Å². The number of rotatable bonds is 41. The van der Waals surface area contributed by atoms with Crippen LogP contribution in [0.3, 0.4) is 0 Å². The van der Waals surface area contributed by atoms with Crippen molar-refractivity contribution in [3.63, 3.8) is 0 Å². The zero-order valence-corrected chi connectivity index (χ0v) is 35.6. The zero-order valence-electron chi connectivity index (χ0n) is 34.7. The average molecular weight is 780 g/mol. The van der Waals surface area contributed by atoms with Gasteiger partial charge in [-0.15, -0.1) is 0 Å². The summed E-state index contributed by atoms with van der Waals surface area (Å²) in [7, 11) is -4.30. The van der Waals surface area contributed by atoms with E-state index in [-0.39, 0.29) is 38.8 Å². The molecule has 0 aromatic heterocycles. The summed E-state index contributed by atoms with van der Waals surface area (Å²) >= 11 is 0. The summed E-state index contributed by atoms with van der Waals surface area (Å²) in [6.45, 7) is 4.17. The Balaban J connectivity index is 4.16. The van der Waals surface area contributed by atoms with E-state index in [4.69, 9.17) is 24.3 Å². The van der Waals surface area contributed by atoms with Crippen molar-refractivity contribution in [3.05, 3.63) is 60.9 Å². The van der Waals surface area contributed by atoms with Crippen LogP contribution in [0.2, 0.25) is 0 Å². The number of phosphoric ester groups is 1. The van der Waals surface area contributed by atoms with Gasteiger partial charge in [-0.05, 0) is 70.3 Å². The summed E-state index contributed by atoms with van der Waals surface area (Å²) in [4.78, 5) is 22.4. The van der Waals surface area contributed by atoms with Crippen molar-refractivity contribution in [2.45, 2.75) is 193 Å². The summed E-state index contributed by atoms with van der Waals surface area (Å²) < 4.78 is 33.1. The number of esters is 1. The van der Waals surface area contributed by atoms with Crippen LogP contribution in [0, 0.1) is 0 Å². The lowest BCUT2D eigenvalue weighted by Gasteiger charge is -2.19. The molecule has 0 spiro atoms. The fraction of sp³-hybridized carbons (Fsp3) is 0.756. The van der Waals surface area contributed by atoms with E-state index in [1.807, 2.05) is 6.08 Å². The highest BCUT2D eigenvalue weighted by atomic mass is 31.2. The Morgan fingerprint density at radius 2 is 1.00 bits per heavy atom. The summed E-state index contributed by atoms with van der Waals surface area (Å²) in [5.74, 6) is -0.382. The van der Waals surface area contributed by atoms with Crippen molar-refractivity contribution in [2.24, 2.45) is 5.73 Å². The van der Waals surface area contributed by atoms with Gasteiger partial charge in [-0.2, -0.15) is 0 Å². The summed E-state index contributed by atoms with van der Waals surface area (Å²) in [6, 6.07) is 0. The third-order valence-corrected chi connectivity index (χ3v) is 9.99. The SMILES string of the molecule is CCCCCC=CCC=CCC=CCC=CCCCCCC(=O)O[C@H](COC=CCCCCCCCCCCCCCCCC)COP(=O)(O)OCCN. The minimum atomic E-state index is -4.30. The molecule has 0 saturated carbocycles. The molecular weight excluding hydrogens is 697 g/mol. The maximum Gasteiger partial charge on any atom is 0.472 e. The Morgan fingerprint density at radius 3 is 1.52 bits per heavy atom. The molecule has 54 heavy (non-hydrogen) atoms. The maximum atomic E-state index is 12.6. The maximum absolute atomic E-state index is 12.6. The third kappa shape index (κ3) is 41.2. The minimum absolute atomic E-state index is 0.0178. The number of hydrogen-bond donors (Lipinski definition) is 2. The molecule has 0 radical (unpaired) electrons. The monoisotopic (exact) mass is 780 g/mol. The van der Waals surface area contributed by atoms with Gasteiger partial charge < -0.3 is 20.1 Å². The molecule has 0 heterocycles. The summed E-state index contributed by atoms with van der Waals surface area (Å²) in [5.41, 5.74) is 5.36. The lowest BCUT2D eigenvalue weighted by Crippen LogP contribution is -2.27. The van der Waals surface area contributed by atoms with E-state index >= 15 is 0 Å². The second-order valence-corrected chi connectivity index (χ2v) is 15.7. The van der Waals surface area contributed by atoms with Crippen LogP contribution < -0.4 is 5.73 Å². The molecule has 0 aliphatic carbocycles. The van der Waals surface area contributed by atoms with Crippen LogP contribution >= 0.6 is 7.82 Å². The van der Waals surface area contributed by atoms with Crippen molar-refractivity contribution < 1.29 is 32.8 Å². The normalized spacial score (nSPS) is 14.0. The van der Waals surface area contributed by atoms with E-state index in [2.05, 4.69) is 62.5 Å². The lowest BCUT2D eigenvalue weighted by molar-refractivity contribution is -0.153. The first-order chi connectivity index (χ1) is 26.4. The average Bonchev–Trinajstić information content (AvgIpc) is 3.16. The van der Waals surface area contributed by atoms with Gasteiger partial charge in [0.25, 0.3) is 0 Å². The predicted molar refractivity (Wildman–Crippen MR) is 228 cm³/mol. The molecule has 314 valence electrons. The lowest BCUT2D eigenvalue weighted by atomic mass is 10.0. The Morgan fingerprint density at radius 1 is 0.574 bits per heavy atom. The molecule has 9 heteroatoms. The van der Waals surface area contributed by atoms with E-state index < -0.39 is 13.9 Å². The summed E-state index contributed by atoms with van der Waals surface area (Å²) in [5, 5.41) is 0. The highest BCUT2D eigenvalue weighted by molar-refractivity contribution is 7.47.